The zero-order valence-corrected chi connectivity index (χ0v) is 12.2. The van der Waals surface area contributed by atoms with Gasteiger partial charge < -0.3 is 14.2 Å². The number of carbonyl (C=O) groups is 2. The molecule has 2 heterocycles. The zero-order valence-electron chi connectivity index (χ0n) is 11.5. The Morgan fingerprint density at radius 2 is 2.23 bits per heavy atom. The molecule has 0 aromatic heterocycles. The molecule has 2 aliphatic heterocycles. The minimum absolute atomic E-state index is 0.0300. The van der Waals surface area contributed by atoms with E-state index < -0.39 is 18.0 Å². The lowest BCUT2D eigenvalue weighted by Gasteiger charge is -2.23. The van der Waals surface area contributed by atoms with Crippen molar-refractivity contribution >= 4 is 29.6 Å². The predicted octanol–water partition coefficient (Wildman–Crippen LogP) is 1.93. The van der Waals surface area contributed by atoms with E-state index in [0.29, 0.717) is 21.9 Å². The third-order valence-corrected chi connectivity index (χ3v) is 3.64. The van der Waals surface area contributed by atoms with Crippen LogP contribution in [0.4, 0.5) is 4.79 Å². The van der Waals surface area contributed by atoms with Crippen molar-refractivity contribution in [2.75, 3.05) is 13.7 Å². The maximum absolute atomic E-state index is 12.0. The molecule has 0 spiro atoms. The van der Waals surface area contributed by atoms with Gasteiger partial charge in [-0.05, 0) is 11.6 Å². The van der Waals surface area contributed by atoms with Gasteiger partial charge in [0.2, 0.25) is 5.90 Å². The minimum Gasteiger partial charge on any atom is -0.456 e. The third-order valence-electron chi connectivity index (χ3n) is 3.30. The van der Waals surface area contributed by atoms with Gasteiger partial charge >= 0.3 is 12.1 Å². The molecule has 1 unspecified atom stereocenters. The molecular formula is C14H11ClN2O5. The summed E-state index contributed by atoms with van der Waals surface area (Å²) in [6.07, 6.45) is -0.937. The number of carbonyl (C=O) groups excluding carboxylic acids is 2. The van der Waals surface area contributed by atoms with Crippen molar-refractivity contribution in [1.82, 2.24) is 5.43 Å². The van der Waals surface area contributed by atoms with Gasteiger partial charge in [0.1, 0.15) is 6.61 Å². The van der Waals surface area contributed by atoms with Crippen LogP contribution in [0.5, 0.6) is 0 Å². The first-order chi connectivity index (χ1) is 10.6. The second-order valence-electron chi connectivity index (χ2n) is 4.54. The highest BCUT2D eigenvalue weighted by Gasteiger charge is 2.41. The molecular weight excluding hydrogens is 312 g/mol. The average molecular weight is 323 g/mol. The third kappa shape index (κ3) is 2.39. The maximum Gasteiger partial charge on any atom is 0.514 e. The molecule has 22 heavy (non-hydrogen) atoms. The number of ether oxygens (including phenoxy) is 3. The number of benzene rings is 1. The molecule has 2 aliphatic rings. The number of hydrogen-bond donors (Lipinski definition) is 1. The zero-order chi connectivity index (χ0) is 15.7. The van der Waals surface area contributed by atoms with Crippen molar-refractivity contribution in [2.24, 2.45) is 5.10 Å². The summed E-state index contributed by atoms with van der Waals surface area (Å²) in [6, 6.07) is 6.92. The summed E-state index contributed by atoms with van der Waals surface area (Å²) in [5, 5.41) is 4.41. The van der Waals surface area contributed by atoms with Gasteiger partial charge in [-0.1, -0.05) is 29.8 Å². The molecule has 0 aliphatic carbocycles. The molecule has 114 valence electrons. The summed E-state index contributed by atoms with van der Waals surface area (Å²) in [5.41, 5.74) is 4.08. The first-order valence-corrected chi connectivity index (χ1v) is 6.73. The molecule has 0 radical (unpaired) electrons. The number of methoxy groups -OCH3 is 1. The molecule has 3 rings (SSSR count). The van der Waals surface area contributed by atoms with Gasteiger partial charge in [0.05, 0.1) is 24.3 Å². The first-order valence-electron chi connectivity index (χ1n) is 6.35. The van der Waals surface area contributed by atoms with E-state index in [1.54, 1.807) is 24.3 Å². The Kier molecular flexibility index (Phi) is 3.72. The van der Waals surface area contributed by atoms with Crippen molar-refractivity contribution in [3.8, 4) is 0 Å². The molecule has 1 aromatic rings. The van der Waals surface area contributed by atoms with Gasteiger partial charge in [-0.25, -0.2) is 9.59 Å². The Labute approximate surface area is 130 Å². The van der Waals surface area contributed by atoms with Crippen LogP contribution in [0, 0.1) is 0 Å². The largest absolute Gasteiger partial charge is 0.514 e. The second kappa shape index (κ2) is 5.69. The summed E-state index contributed by atoms with van der Waals surface area (Å²) < 4.78 is 14.5. The van der Waals surface area contributed by atoms with E-state index in [-0.39, 0.29) is 12.5 Å². The minimum atomic E-state index is -0.937. The summed E-state index contributed by atoms with van der Waals surface area (Å²) in [5.74, 6) is -1.27. The van der Waals surface area contributed by atoms with E-state index in [0.717, 1.165) is 0 Å². The molecule has 1 N–H and O–H groups in total. The molecule has 0 fully saturated rings. The Hall–Kier alpha value is -2.54. The fourth-order valence-electron chi connectivity index (χ4n) is 2.32. The Bertz CT molecular complexity index is 713. The Morgan fingerprint density at radius 1 is 1.45 bits per heavy atom. The van der Waals surface area contributed by atoms with Gasteiger partial charge in [0.25, 0.3) is 0 Å². The molecule has 8 heteroatoms. The lowest BCUT2D eigenvalue weighted by molar-refractivity contribution is -0.136. The lowest BCUT2D eigenvalue weighted by Crippen LogP contribution is -2.31. The molecule has 1 atom stereocenters. The Balaban J connectivity index is 2.07. The van der Waals surface area contributed by atoms with E-state index in [4.69, 9.17) is 21.1 Å². The number of hydrazone groups is 1. The lowest BCUT2D eigenvalue weighted by atomic mass is 9.89. The highest BCUT2D eigenvalue weighted by Crippen LogP contribution is 2.37. The van der Waals surface area contributed by atoms with Crippen LogP contribution in [0.15, 0.2) is 40.6 Å². The van der Waals surface area contributed by atoms with Gasteiger partial charge in [0.15, 0.2) is 0 Å². The molecule has 0 saturated heterocycles. The molecule has 1 aromatic carbocycles. The van der Waals surface area contributed by atoms with Crippen LogP contribution in [0.25, 0.3) is 0 Å². The van der Waals surface area contributed by atoms with E-state index in [1.165, 1.54) is 7.11 Å². The SMILES string of the molecule is COC(=O)OC1=NNC2=C(C(=O)OC2)C1c1ccccc1Cl. The van der Waals surface area contributed by atoms with E-state index >= 15 is 0 Å². The summed E-state index contributed by atoms with van der Waals surface area (Å²) in [4.78, 5) is 23.4. The topological polar surface area (TPSA) is 86.2 Å². The standard InChI is InChI=1S/C14H11ClN2O5/c1-20-14(19)22-12-10(7-4-2-3-5-8(7)15)11-9(16-17-12)6-21-13(11)18/h2-5,10,16H,6H2,1H3. The fraction of sp³-hybridized carbons (Fsp3) is 0.214. The number of cyclic esters (lactones) is 1. The highest BCUT2D eigenvalue weighted by atomic mass is 35.5. The first kappa shape index (κ1) is 14.4. The van der Waals surface area contributed by atoms with Gasteiger partial charge in [-0.3, -0.25) is 5.43 Å². The van der Waals surface area contributed by atoms with Crippen molar-refractivity contribution in [3.05, 3.63) is 46.1 Å². The number of esters is 1. The monoisotopic (exact) mass is 322 g/mol. The predicted molar refractivity (Wildman–Crippen MR) is 76.2 cm³/mol. The number of nitrogens with zero attached hydrogens (tertiary/aromatic N) is 1. The molecule has 7 nitrogen and oxygen atoms in total. The van der Waals surface area contributed by atoms with Crippen LogP contribution in [-0.2, 0) is 19.0 Å². The Morgan fingerprint density at radius 3 is 2.95 bits per heavy atom. The van der Waals surface area contributed by atoms with Crippen LogP contribution in [0.1, 0.15) is 11.5 Å². The van der Waals surface area contributed by atoms with Gasteiger partial charge in [-0.2, -0.15) is 0 Å². The normalized spacial score (nSPS) is 19.8. The van der Waals surface area contributed by atoms with E-state index in [2.05, 4.69) is 15.3 Å². The van der Waals surface area contributed by atoms with Crippen LogP contribution < -0.4 is 5.43 Å². The van der Waals surface area contributed by atoms with Crippen molar-refractivity contribution in [1.29, 1.82) is 0 Å². The van der Waals surface area contributed by atoms with Crippen LogP contribution in [-0.4, -0.2) is 31.7 Å². The smallest absolute Gasteiger partial charge is 0.456 e. The maximum atomic E-state index is 12.0. The van der Waals surface area contributed by atoms with Crippen molar-refractivity contribution in [3.63, 3.8) is 0 Å². The number of hydrogen-bond acceptors (Lipinski definition) is 7. The molecule has 0 amide bonds. The quantitative estimate of drug-likeness (QED) is 0.795. The van der Waals surface area contributed by atoms with Gasteiger partial charge in [-0.15, -0.1) is 5.10 Å². The van der Waals surface area contributed by atoms with Gasteiger partial charge in [0, 0.05) is 5.02 Å². The number of halogens is 1. The van der Waals surface area contributed by atoms with Crippen molar-refractivity contribution in [2.45, 2.75) is 5.92 Å². The number of rotatable bonds is 1. The average Bonchev–Trinajstić information content (AvgIpc) is 2.90. The highest BCUT2D eigenvalue weighted by molar-refractivity contribution is 6.32. The summed E-state index contributed by atoms with van der Waals surface area (Å²) >= 11 is 6.21. The molecule has 0 bridgehead atoms. The molecule has 0 saturated carbocycles. The van der Waals surface area contributed by atoms with Crippen LogP contribution >= 0.6 is 11.6 Å². The van der Waals surface area contributed by atoms with Crippen LogP contribution in [0.2, 0.25) is 5.02 Å². The number of nitrogens with one attached hydrogen (secondary N) is 1. The second-order valence-corrected chi connectivity index (χ2v) is 4.95. The van der Waals surface area contributed by atoms with Crippen LogP contribution in [0.3, 0.4) is 0 Å². The fourth-order valence-corrected chi connectivity index (χ4v) is 2.56. The van der Waals surface area contributed by atoms with Crippen molar-refractivity contribution < 1.29 is 23.8 Å². The summed E-state index contributed by atoms with van der Waals surface area (Å²) in [6.45, 7) is 0.0874. The van der Waals surface area contributed by atoms with E-state index in [1.807, 2.05) is 0 Å². The van der Waals surface area contributed by atoms with E-state index in [9.17, 15) is 9.59 Å². The summed E-state index contributed by atoms with van der Waals surface area (Å²) in [7, 11) is 1.18.